The number of nitrogen functional groups attached to an aromatic ring is 1. The number of rotatable bonds is 2. The van der Waals surface area contributed by atoms with E-state index in [2.05, 4.69) is 6.07 Å². The summed E-state index contributed by atoms with van der Waals surface area (Å²) in [4.78, 5) is 0.985. The van der Waals surface area contributed by atoms with Crippen molar-refractivity contribution in [3.05, 3.63) is 52.2 Å². The average Bonchev–Trinajstić information content (AvgIpc) is 2.82. The number of hydrogen-bond acceptors (Lipinski definition) is 3. The average molecular weight is 226 g/mol. The lowest BCUT2D eigenvalue weighted by atomic mass is 10.1. The highest BCUT2D eigenvalue weighted by Crippen LogP contribution is 2.22. The predicted octanol–water partition coefficient (Wildman–Crippen LogP) is 3.39. The molecule has 2 N–H and O–H groups in total. The van der Waals surface area contributed by atoms with Gasteiger partial charge in [0, 0.05) is 10.6 Å². The molecule has 1 aromatic carbocycles. The molecule has 78 valence electrons. The molecule has 0 aliphatic heterocycles. The van der Waals surface area contributed by atoms with Crippen molar-refractivity contribution >= 4 is 28.7 Å². The normalized spacial score (nSPS) is 11.1. The second-order valence-corrected chi connectivity index (χ2v) is 4.26. The Morgan fingerprint density at radius 3 is 2.56 bits per heavy atom. The zero-order chi connectivity index (χ0) is 11.4. The van der Waals surface area contributed by atoms with Crippen molar-refractivity contribution in [1.29, 1.82) is 5.26 Å². The van der Waals surface area contributed by atoms with Crippen molar-refractivity contribution in [1.82, 2.24) is 0 Å². The van der Waals surface area contributed by atoms with E-state index in [1.165, 1.54) is 0 Å². The summed E-state index contributed by atoms with van der Waals surface area (Å²) in [5.41, 5.74) is 8.00. The highest BCUT2D eigenvalue weighted by Gasteiger charge is 2.01. The molecule has 0 aliphatic rings. The van der Waals surface area contributed by atoms with Gasteiger partial charge < -0.3 is 5.73 Å². The van der Waals surface area contributed by atoms with Crippen LogP contribution in [0, 0.1) is 11.3 Å². The van der Waals surface area contributed by atoms with Crippen LogP contribution in [-0.4, -0.2) is 0 Å². The van der Waals surface area contributed by atoms with Gasteiger partial charge in [-0.05, 0) is 35.2 Å². The maximum atomic E-state index is 9.08. The van der Waals surface area contributed by atoms with Gasteiger partial charge >= 0.3 is 0 Å². The minimum atomic E-state index is 0.680. The van der Waals surface area contributed by atoms with E-state index in [-0.39, 0.29) is 0 Å². The van der Waals surface area contributed by atoms with Gasteiger partial charge in [-0.15, -0.1) is 11.3 Å². The summed E-state index contributed by atoms with van der Waals surface area (Å²) in [6.45, 7) is 0. The summed E-state index contributed by atoms with van der Waals surface area (Å²) in [6.07, 6.45) is 1.87. The molecule has 1 heterocycles. The first-order valence-electron chi connectivity index (χ1n) is 4.81. The highest BCUT2D eigenvalue weighted by atomic mass is 32.1. The SMILES string of the molecule is N#C/C(=C\c1ccc(N)cc1)c1cccs1. The van der Waals surface area contributed by atoms with Crippen LogP contribution in [0.4, 0.5) is 5.69 Å². The molecule has 0 saturated heterocycles. The van der Waals surface area contributed by atoms with E-state index in [9.17, 15) is 0 Å². The zero-order valence-corrected chi connectivity index (χ0v) is 9.37. The maximum absolute atomic E-state index is 9.08. The van der Waals surface area contributed by atoms with Gasteiger partial charge in [-0.1, -0.05) is 18.2 Å². The fraction of sp³-hybridized carbons (Fsp3) is 0. The topological polar surface area (TPSA) is 49.8 Å². The van der Waals surface area contributed by atoms with E-state index in [0.29, 0.717) is 5.57 Å². The molecule has 2 aromatic rings. The van der Waals surface area contributed by atoms with Gasteiger partial charge in [-0.25, -0.2) is 0 Å². The van der Waals surface area contributed by atoms with Crippen LogP contribution in [0.5, 0.6) is 0 Å². The van der Waals surface area contributed by atoms with E-state index in [4.69, 9.17) is 11.0 Å². The molecule has 0 atom stereocenters. The molecule has 0 amide bonds. The lowest BCUT2D eigenvalue weighted by Gasteiger charge is -1.97. The number of allylic oxidation sites excluding steroid dienone is 1. The lowest BCUT2D eigenvalue weighted by molar-refractivity contribution is 1.54. The molecule has 0 saturated carbocycles. The van der Waals surface area contributed by atoms with Crippen molar-refractivity contribution in [2.45, 2.75) is 0 Å². The van der Waals surface area contributed by atoms with E-state index >= 15 is 0 Å². The Balaban J connectivity index is 2.36. The van der Waals surface area contributed by atoms with Crippen molar-refractivity contribution < 1.29 is 0 Å². The van der Waals surface area contributed by atoms with Gasteiger partial charge in [-0.2, -0.15) is 5.26 Å². The summed E-state index contributed by atoms with van der Waals surface area (Å²) in [6, 6.07) is 13.6. The zero-order valence-electron chi connectivity index (χ0n) is 8.55. The van der Waals surface area contributed by atoms with Crippen LogP contribution in [-0.2, 0) is 0 Å². The standard InChI is InChI=1S/C13H10N2S/c14-9-11(13-2-1-7-16-13)8-10-3-5-12(15)6-4-10/h1-8H,15H2/b11-8+. The summed E-state index contributed by atoms with van der Waals surface area (Å²) >= 11 is 1.56. The maximum Gasteiger partial charge on any atom is 0.101 e. The monoisotopic (exact) mass is 226 g/mol. The number of nitrogens with two attached hydrogens (primary N) is 1. The quantitative estimate of drug-likeness (QED) is 0.630. The van der Waals surface area contributed by atoms with Gasteiger partial charge in [-0.3, -0.25) is 0 Å². The molecule has 0 bridgehead atoms. The van der Waals surface area contributed by atoms with Gasteiger partial charge in [0.05, 0.1) is 5.57 Å². The molecular formula is C13H10N2S. The summed E-state index contributed by atoms with van der Waals surface area (Å²) < 4.78 is 0. The van der Waals surface area contributed by atoms with Crippen LogP contribution in [0.1, 0.15) is 10.4 Å². The van der Waals surface area contributed by atoms with E-state index in [1.807, 2.05) is 47.9 Å². The molecule has 0 radical (unpaired) electrons. The van der Waals surface area contributed by atoms with E-state index in [0.717, 1.165) is 16.1 Å². The number of thiophene rings is 1. The number of benzene rings is 1. The number of nitrogens with zero attached hydrogens (tertiary/aromatic N) is 1. The molecule has 0 unspecified atom stereocenters. The van der Waals surface area contributed by atoms with Crippen LogP contribution in [0.2, 0.25) is 0 Å². The summed E-state index contributed by atoms with van der Waals surface area (Å²) in [5, 5.41) is 11.0. The minimum Gasteiger partial charge on any atom is -0.399 e. The smallest absolute Gasteiger partial charge is 0.101 e. The first kappa shape index (κ1) is 10.5. The van der Waals surface area contributed by atoms with Crippen LogP contribution in [0.25, 0.3) is 11.6 Å². The second-order valence-electron chi connectivity index (χ2n) is 3.31. The number of anilines is 1. The number of nitriles is 1. The van der Waals surface area contributed by atoms with Crippen LogP contribution in [0.3, 0.4) is 0 Å². The highest BCUT2D eigenvalue weighted by molar-refractivity contribution is 7.11. The molecule has 0 aliphatic carbocycles. The largest absolute Gasteiger partial charge is 0.399 e. The molecule has 0 spiro atoms. The predicted molar refractivity (Wildman–Crippen MR) is 68.7 cm³/mol. The van der Waals surface area contributed by atoms with Crippen molar-refractivity contribution in [3.8, 4) is 6.07 Å². The molecule has 16 heavy (non-hydrogen) atoms. The van der Waals surface area contributed by atoms with Crippen LogP contribution < -0.4 is 5.73 Å². The first-order valence-corrected chi connectivity index (χ1v) is 5.69. The van der Waals surface area contributed by atoms with Crippen molar-refractivity contribution in [2.75, 3.05) is 5.73 Å². The number of hydrogen-bond donors (Lipinski definition) is 1. The van der Waals surface area contributed by atoms with Crippen molar-refractivity contribution in [2.24, 2.45) is 0 Å². The van der Waals surface area contributed by atoms with Gasteiger partial charge in [0.15, 0.2) is 0 Å². The van der Waals surface area contributed by atoms with E-state index in [1.54, 1.807) is 11.3 Å². The summed E-state index contributed by atoms with van der Waals surface area (Å²) in [5.74, 6) is 0. The lowest BCUT2D eigenvalue weighted by Crippen LogP contribution is -1.83. The third-order valence-corrected chi connectivity index (χ3v) is 3.06. The summed E-state index contributed by atoms with van der Waals surface area (Å²) in [7, 11) is 0. The second kappa shape index (κ2) is 4.65. The van der Waals surface area contributed by atoms with Gasteiger partial charge in [0.1, 0.15) is 6.07 Å². The van der Waals surface area contributed by atoms with Crippen LogP contribution >= 0.6 is 11.3 Å². The Labute approximate surface area is 98.3 Å². The molecule has 2 rings (SSSR count). The molecule has 2 nitrogen and oxygen atoms in total. The van der Waals surface area contributed by atoms with E-state index < -0.39 is 0 Å². The Hall–Kier alpha value is -2.05. The third kappa shape index (κ3) is 2.30. The first-order chi connectivity index (χ1) is 7.79. The third-order valence-electron chi connectivity index (χ3n) is 2.15. The molecule has 0 fully saturated rings. The Kier molecular flexibility index (Phi) is 3.04. The minimum absolute atomic E-state index is 0.680. The van der Waals surface area contributed by atoms with Crippen LogP contribution in [0.15, 0.2) is 41.8 Å². The Morgan fingerprint density at radius 1 is 1.25 bits per heavy atom. The van der Waals surface area contributed by atoms with Crippen molar-refractivity contribution in [3.63, 3.8) is 0 Å². The van der Waals surface area contributed by atoms with Gasteiger partial charge in [0.25, 0.3) is 0 Å². The molecule has 3 heteroatoms. The fourth-order valence-electron chi connectivity index (χ4n) is 1.35. The Bertz CT molecular complexity index is 530. The van der Waals surface area contributed by atoms with Gasteiger partial charge in [0.2, 0.25) is 0 Å². The molecular weight excluding hydrogens is 216 g/mol. The fourth-order valence-corrected chi connectivity index (χ4v) is 2.04. The Morgan fingerprint density at radius 2 is 2.00 bits per heavy atom. The molecule has 1 aromatic heterocycles.